The highest BCUT2D eigenvalue weighted by atomic mass is 32.2. The Bertz CT molecular complexity index is 368. The molecule has 1 N–H and O–H groups in total. The largest absolute Gasteiger partial charge is 0.312 e. The van der Waals surface area contributed by atoms with Gasteiger partial charge in [0, 0.05) is 11.4 Å². The minimum Gasteiger partial charge on any atom is -0.312 e. The first-order valence-corrected chi connectivity index (χ1v) is 8.90. The van der Waals surface area contributed by atoms with Crippen molar-refractivity contribution in [2.45, 2.75) is 57.7 Å². The molecule has 18 heavy (non-hydrogen) atoms. The average molecular weight is 284 g/mol. The normalized spacial score (nSPS) is 19.9. The van der Waals surface area contributed by atoms with E-state index in [9.17, 15) is 0 Å². The van der Waals surface area contributed by atoms with Crippen molar-refractivity contribution in [3.05, 3.63) is 15.6 Å². The fourth-order valence-electron chi connectivity index (χ4n) is 2.25. The summed E-state index contributed by atoms with van der Waals surface area (Å²) in [4.78, 5) is 6.39. The molecule has 1 saturated heterocycles. The van der Waals surface area contributed by atoms with Crippen molar-refractivity contribution in [1.82, 2.24) is 10.3 Å². The maximum Gasteiger partial charge on any atom is 0.106 e. The van der Waals surface area contributed by atoms with E-state index in [0.717, 1.165) is 13.1 Å². The van der Waals surface area contributed by atoms with Crippen LogP contribution in [0.15, 0.2) is 0 Å². The molecule has 1 aromatic rings. The highest BCUT2D eigenvalue weighted by Gasteiger charge is 2.23. The van der Waals surface area contributed by atoms with Gasteiger partial charge in [-0.25, -0.2) is 4.98 Å². The third kappa shape index (κ3) is 3.49. The van der Waals surface area contributed by atoms with Gasteiger partial charge in [0.1, 0.15) is 5.01 Å². The second kappa shape index (κ2) is 6.92. The molecule has 1 atom stereocenters. The molecule has 1 unspecified atom stereocenters. The maximum absolute atomic E-state index is 4.93. The van der Waals surface area contributed by atoms with Gasteiger partial charge >= 0.3 is 0 Å². The van der Waals surface area contributed by atoms with E-state index >= 15 is 0 Å². The van der Waals surface area contributed by atoms with Crippen molar-refractivity contribution in [1.29, 1.82) is 0 Å². The van der Waals surface area contributed by atoms with Crippen LogP contribution in [-0.4, -0.2) is 17.3 Å². The monoisotopic (exact) mass is 284 g/mol. The lowest BCUT2D eigenvalue weighted by atomic mass is 10.1. The third-order valence-corrected chi connectivity index (χ3v) is 5.93. The zero-order valence-corrected chi connectivity index (χ0v) is 13.3. The van der Waals surface area contributed by atoms with Crippen LogP contribution in [-0.2, 0) is 6.54 Å². The lowest BCUT2D eigenvalue weighted by Crippen LogP contribution is -2.14. The van der Waals surface area contributed by atoms with Gasteiger partial charge in [-0.15, -0.1) is 11.3 Å². The van der Waals surface area contributed by atoms with Gasteiger partial charge in [-0.05, 0) is 37.5 Å². The van der Waals surface area contributed by atoms with Gasteiger partial charge in [-0.1, -0.05) is 20.8 Å². The smallest absolute Gasteiger partial charge is 0.106 e. The Balaban J connectivity index is 2.10. The summed E-state index contributed by atoms with van der Waals surface area (Å²) in [6.45, 7) is 8.82. The predicted molar refractivity (Wildman–Crippen MR) is 82.6 cm³/mol. The summed E-state index contributed by atoms with van der Waals surface area (Å²) in [6, 6.07) is 0. The van der Waals surface area contributed by atoms with Crippen molar-refractivity contribution in [2.24, 2.45) is 0 Å². The molecule has 4 heteroatoms. The number of nitrogens with zero attached hydrogens (tertiary/aromatic N) is 1. The van der Waals surface area contributed by atoms with Crippen LogP contribution in [0.4, 0.5) is 0 Å². The van der Waals surface area contributed by atoms with Crippen LogP contribution < -0.4 is 5.32 Å². The van der Waals surface area contributed by atoms with Gasteiger partial charge < -0.3 is 5.32 Å². The lowest BCUT2D eigenvalue weighted by Gasteiger charge is -2.05. The van der Waals surface area contributed by atoms with Crippen molar-refractivity contribution < 1.29 is 0 Å². The molecule has 0 amide bonds. The SMILES string of the molecule is CCCNCc1sc(C2CCCS2)nc1C(C)C. The second-order valence-electron chi connectivity index (χ2n) is 5.19. The van der Waals surface area contributed by atoms with E-state index < -0.39 is 0 Å². The molecule has 0 aliphatic carbocycles. The fourth-order valence-corrected chi connectivity index (χ4v) is 4.95. The first-order chi connectivity index (χ1) is 8.72. The van der Waals surface area contributed by atoms with Crippen LogP contribution in [0.2, 0.25) is 0 Å². The minimum atomic E-state index is 0.542. The molecule has 2 nitrogen and oxygen atoms in total. The Morgan fingerprint density at radius 1 is 1.44 bits per heavy atom. The summed E-state index contributed by atoms with van der Waals surface area (Å²) in [5.41, 5.74) is 1.33. The number of hydrogen-bond donors (Lipinski definition) is 1. The Morgan fingerprint density at radius 3 is 2.89 bits per heavy atom. The van der Waals surface area contributed by atoms with Crippen molar-refractivity contribution in [3.8, 4) is 0 Å². The number of aromatic nitrogens is 1. The predicted octanol–water partition coefficient (Wildman–Crippen LogP) is 4.33. The third-order valence-electron chi connectivity index (χ3n) is 3.21. The van der Waals surface area contributed by atoms with Crippen molar-refractivity contribution in [3.63, 3.8) is 0 Å². The first kappa shape index (κ1) is 14.4. The Hall–Kier alpha value is -0.0600. The van der Waals surface area contributed by atoms with Gasteiger partial charge in [-0.3, -0.25) is 0 Å². The molecule has 102 valence electrons. The van der Waals surface area contributed by atoms with Gasteiger partial charge in [0.25, 0.3) is 0 Å². The summed E-state index contributed by atoms with van der Waals surface area (Å²) >= 11 is 4.03. The number of rotatable bonds is 6. The number of thioether (sulfide) groups is 1. The molecule has 1 aliphatic rings. The van der Waals surface area contributed by atoms with Gasteiger partial charge in [0.15, 0.2) is 0 Å². The van der Waals surface area contributed by atoms with E-state index in [-0.39, 0.29) is 0 Å². The standard InChI is InChI=1S/C14H24N2S2/c1-4-7-15-9-12-13(10(2)3)16-14(18-12)11-6-5-8-17-11/h10-11,15H,4-9H2,1-3H3. The highest BCUT2D eigenvalue weighted by molar-refractivity contribution is 7.99. The molecule has 1 fully saturated rings. The van der Waals surface area contributed by atoms with Crippen LogP contribution in [0.1, 0.15) is 66.8 Å². The summed E-state index contributed by atoms with van der Waals surface area (Å²) in [5, 5.41) is 5.56. The first-order valence-electron chi connectivity index (χ1n) is 7.04. The van der Waals surface area contributed by atoms with E-state index in [4.69, 9.17) is 4.98 Å². The Labute approximate surface area is 119 Å². The van der Waals surface area contributed by atoms with E-state index in [1.165, 1.54) is 40.6 Å². The molecular weight excluding hydrogens is 260 g/mol. The zero-order chi connectivity index (χ0) is 13.0. The minimum absolute atomic E-state index is 0.542. The Kier molecular flexibility index (Phi) is 5.52. The zero-order valence-electron chi connectivity index (χ0n) is 11.7. The maximum atomic E-state index is 4.93. The number of thiazole rings is 1. The van der Waals surface area contributed by atoms with Crippen LogP contribution in [0.3, 0.4) is 0 Å². The molecule has 2 heterocycles. The van der Waals surface area contributed by atoms with Crippen LogP contribution >= 0.6 is 23.1 Å². The molecular formula is C14H24N2S2. The number of nitrogens with one attached hydrogen (secondary N) is 1. The van der Waals surface area contributed by atoms with E-state index in [1.807, 2.05) is 11.3 Å². The highest BCUT2D eigenvalue weighted by Crippen LogP contribution is 2.42. The molecule has 0 spiro atoms. The quantitative estimate of drug-likeness (QED) is 0.787. The lowest BCUT2D eigenvalue weighted by molar-refractivity contribution is 0.670. The van der Waals surface area contributed by atoms with E-state index in [0.29, 0.717) is 11.2 Å². The molecule has 0 aromatic carbocycles. The molecule has 2 rings (SSSR count). The van der Waals surface area contributed by atoms with Crippen molar-refractivity contribution >= 4 is 23.1 Å². The summed E-state index contributed by atoms with van der Waals surface area (Å²) < 4.78 is 0. The van der Waals surface area contributed by atoms with Crippen molar-refractivity contribution in [2.75, 3.05) is 12.3 Å². The molecule has 1 aromatic heterocycles. The average Bonchev–Trinajstić information content (AvgIpc) is 2.97. The van der Waals surface area contributed by atoms with Crippen LogP contribution in [0, 0.1) is 0 Å². The summed E-state index contributed by atoms with van der Waals surface area (Å²) in [7, 11) is 0. The van der Waals surface area contributed by atoms with Gasteiger partial charge in [-0.2, -0.15) is 11.8 Å². The summed E-state index contributed by atoms with van der Waals surface area (Å²) in [5.74, 6) is 1.85. The van der Waals surface area contributed by atoms with E-state index in [2.05, 4.69) is 37.8 Å². The fraction of sp³-hybridized carbons (Fsp3) is 0.786. The number of hydrogen-bond acceptors (Lipinski definition) is 4. The van der Waals surface area contributed by atoms with Crippen LogP contribution in [0.25, 0.3) is 0 Å². The van der Waals surface area contributed by atoms with Gasteiger partial charge in [0.2, 0.25) is 0 Å². The molecule has 0 radical (unpaired) electrons. The topological polar surface area (TPSA) is 24.9 Å². The second-order valence-corrected chi connectivity index (χ2v) is 7.62. The molecule has 0 saturated carbocycles. The van der Waals surface area contributed by atoms with Crippen LogP contribution in [0.5, 0.6) is 0 Å². The van der Waals surface area contributed by atoms with E-state index in [1.54, 1.807) is 0 Å². The van der Waals surface area contributed by atoms with Gasteiger partial charge in [0.05, 0.1) is 10.9 Å². The Morgan fingerprint density at radius 2 is 2.28 bits per heavy atom. The summed E-state index contributed by atoms with van der Waals surface area (Å²) in [6.07, 6.45) is 3.87. The molecule has 0 bridgehead atoms. The molecule has 1 aliphatic heterocycles.